The molecule has 0 spiro atoms. The lowest BCUT2D eigenvalue weighted by Gasteiger charge is -2.36. The fourth-order valence-electron chi connectivity index (χ4n) is 3.29. The van der Waals surface area contributed by atoms with E-state index in [9.17, 15) is 19.7 Å². The van der Waals surface area contributed by atoms with Crippen molar-refractivity contribution >= 4 is 18.9 Å². The van der Waals surface area contributed by atoms with Crippen LogP contribution >= 0.6 is 0 Å². The number of hydrogen-bond acceptors (Lipinski definition) is 6. The van der Waals surface area contributed by atoms with Crippen molar-refractivity contribution in [3.8, 4) is 0 Å². The molecule has 1 fully saturated rings. The molecule has 0 radical (unpaired) electrons. The van der Waals surface area contributed by atoms with Crippen molar-refractivity contribution < 1.29 is 19.7 Å². The highest BCUT2D eigenvalue weighted by Crippen LogP contribution is 2.22. The fourth-order valence-corrected chi connectivity index (χ4v) is 3.29. The van der Waals surface area contributed by atoms with Crippen molar-refractivity contribution in [2.24, 2.45) is 0 Å². The fraction of sp³-hybridized carbons (Fsp3) is 0.500. The molecule has 2 aliphatic heterocycles. The van der Waals surface area contributed by atoms with E-state index in [2.05, 4.69) is 4.90 Å². The van der Waals surface area contributed by atoms with E-state index in [0.717, 1.165) is 31.1 Å². The van der Waals surface area contributed by atoms with E-state index in [0.29, 0.717) is 17.7 Å². The van der Waals surface area contributed by atoms with Gasteiger partial charge < -0.3 is 14.9 Å². The molecule has 0 aromatic heterocycles. The number of rotatable bonds is 5. The monoisotopic (exact) mass is 331 g/mol. The maximum atomic E-state index is 12.3. The van der Waals surface area contributed by atoms with Gasteiger partial charge in [0.2, 0.25) is 0 Å². The van der Waals surface area contributed by atoms with Crippen LogP contribution in [0.4, 0.5) is 0 Å². The van der Waals surface area contributed by atoms with Crippen LogP contribution in [0.25, 0.3) is 0 Å². The van der Waals surface area contributed by atoms with Gasteiger partial charge >= 0.3 is 7.05 Å². The normalized spacial score (nSPS) is 20.4. The van der Waals surface area contributed by atoms with Crippen LogP contribution in [0.3, 0.4) is 0 Å². The van der Waals surface area contributed by atoms with Crippen LogP contribution in [-0.2, 0) is 0 Å². The first-order chi connectivity index (χ1) is 11.5. The highest BCUT2D eigenvalue weighted by Gasteiger charge is 2.36. The van der Waals surface area contributed by atoms with Gasteiger partial charge in [0, 0.05) is 32.7 Å². The molecule has 1 atom stereocenters. The van der Waals surface area contributed by atoms with E-state index in [1.54, 1.807) is 31.1 Å². The Bertz CT molecular complexity index is 597. The molecular weight excluding hydrogens is 309 g/mol. The summed E-state index contributed by atoms with van der Waals surface area (Å²) in [7, 11) is -0.463. The van der Waals surface area contributed by atoms with Crippen molar-refractivity contribution in [2.45, 2.75) is 12.9 Å². The van der Waals surface area contributed by atoms with Gasteiger partial charge in [0.1, 0.15) is 0 Å². The van der Waals surface area contributed by atoms with Crippen LogP contribution in [0.5, 0.6) is 0 Å². The molecule has 3 rings (SSSR count). The maximum absolute atomic E-state index is 12.3. The summed E-state index contributed by atoms with van der Waals surface area (Å²) in [6, 6.07) is 6.73. The lowest BCUT2D eigenvalue weighted by molar-refractivity contribution is 0.0434. The first-order valence-electron chi connectivity index (χ1n) is 8.25. The summed E-state index contributed by atoms with van der Waals surface area (Å²) < 4.78 is 0. The van der Waals surface area contributed by atoms with Gasteiger partial charge in [0.15, 0.2) is 0 Å². The Hall–Kier alpha value is -1.74. The van der Waals surface area contributed by atoms with Gasteiger partial charge in [-0.05, 0) is 19.0 Å². The third-order valence-electron chi connectivity index (χ3n) is 4.68. The van der Waals surface area contributed by atoms with E-state index < -0.39 is 13.2 Å². The second-order valence-corrected chi connectivity index (χ2v) is 6.39. The minimum absolute atomic E-state index is 0.00294. The third kappa shape index (κ3) is 3.37. The summed E-state index contributed by atoms with van der Waals surface area (Å²) in [5, 5.41) is 19.9. The van der Waals surface area contributed by atoms with Crippen LogP contribution in [0, 0.1) is 0 Å². The number of nitrogens with zero attached hydrogens (tertiary/aromatic N) is 3. The molecule has 128 valence electrons. The molecule has 2 N–H and O–H groups in total. The third-order valence-corrected chi connectivity index (χ3v) is 4.68. The second-order valence-electron chi connectivity index (χ2n) is 6.39. The summed E-state index contributed by atoms with van der Waals surface area (Å²) in [5.74, 6) is -0.679. The number of aliphatic hydroxyl groups excluding tert-OH is 1. The van der Waals surface area contributed by atoms with Gasteiger partial charge in [-0.3, -0.25) is 19.4 Å². The predicted molar refractivity (Wildman–Crippen MR) is 89.7 cm³/mol. The molecule has 1 aromatic rings. The summed E-state index contributed by atoms with van der Waals surface area (Å²) in [5.41, 5.74) is 0.806. The molecule has 1 saturated heterocycles. The molecule has 0 aliphatic carbocycles. The Kier molecular flexibility index (Phi) is 5.00. The zero-order chi connectivity index (χ0) is 17.3. The summed E-state index contributed by atoms with van der Waals surface area (Å²) >= 11 is 0. The van der Waals surface area contributed by atoms with E-state index in [4.69, 9.17) is 0 Å². The van der Waals surface area contributed by atoms with Crippen molar-refractivity contribution in [3.05, 3.63) is 35.4 Å². The van der Waals surface area contributed by atoms with E-state index in [-0.39, 0.29) is 18.4 Å². The molecule has 1 aromatic carbocycles. The van der Waals surface area contributed by atoms with Crippen LogP contribution in [0.1, 0.15) is 20.7 Å². The van der Waals surface area contributed by atoms with Crippen molar-refractivity contribution in [3.63, 3.8) is 0 Å². The average molecular weight is 331 g/mol. The largest absolute Gasteiger partial charge is 0.437 e. The van der Waals surface area contributed by atoms with Crippen LogP contribution in [0.2, 0.25) is 6.82 Å². The number of carbonyl (C=O) groups excluding carboxylic acids is 2. The van der Waals surface area contributed by atoms with Crippen molar-refractivity contribution in [1.29, 1.82) is 0 Å². The number of aliphatic hydroxyl groups is 1. The number of carbonyl (C=O) groups is 2. The molecule has 24 heavy (non-hydrogen) atoms. The van der Waals surface area contributed by atoms with Gasteiger partial charge in [0.05, 0.1) is 23.8 Å². The molecule has 2 heterocycles. The van der Waals surface area contributed by atoms with E-state index in [1.165, 1.54) is 0 Å². The number of β-amino-alcohol motifs (C(OH)–C–C–N with tert-alkyl or cyclic N) is 1. The van der Waals surface area contributed by atoms with Gasteiger partial charge in [0.25, 0.3) is 11.8 Å². The summed E-state index contributed by atoms with van der Waals surface area (Å²) in [4.78, 5) is 29.8. The molecule has 2 amide bonds. The quantitative estimate of drug-likeness (QED) is 0.552. The smallest absolute Gasteiger partial charge is 0.376 e. The van der Waals surface area contributed by atoms with Crippen LogP contribution in [0.15, 0.2) is 24.3 Å². The summed E-state index contributed by atoms with van der Waals surface area (Å²) in [6.07, 6.45) is -0.787. The Morgan fingerprint density at radius 2 is 1.58 bits per heavy atom. The van der Waals surface area contributed by atoms with Crippen molar-refractivity contribution in [1.82, 2.24) is 14.6 Å². The standard InChI is InChI=1S/C16H22BN3O4/c1-17(24)19-8-6-18(7-9-19)10-12(21)11-20-15(22)13-4-2-3-5-14(13)16(20)23/h2-5,12,21,24H,6-11H2,1H3. The van der Waals surface area contributed by atoms with Crippen molar-refractivity contribution in [2.75, 3.05) is 39.3 Å². The van der Waals surface area contributed by atoms with Gasteiger partial charge in [-0.1, -0.05) is 12.1 Å². The number of piperazine rings is 1. The minimum Gasteiger partial charge on any atom is -0.437 e. The Labute approximate surface area is 141 Å². The number of benzene rings is 1. The van der Waals surface area contributed by atoms with Gasteiger partial charge in [-0.2, -0.15) is 0 Å². The molecule has 1 unspecified atom stereocenters. The first kappa shape index (κ1) is 17.1. The Morgan fingerprint density at radius 3 is 2.08 bits per heavy atom. The molecule has 8 heteroatoms. The Balaban J connectivity index is 1.54. The first-order valence-corrected chi connectivity index (χ1v) is 8.25. The van der Waals surface area contributed by atoms with Gasteiger partial charge in [-0.15, -0.1) is 0 Å². The SMILES string of the molecule is CB(O)N1CCN(CC(O)CN2C(=O)c3ccccc3C2=O)CC1. The molecule has 0 bridgehead atoms. The van der Waals surface area contributed by atoms with E-state index >= 15 is 0 Å². The highest BCUT2D eigenvalue weighted by molar-refractivity contribution is 6.45. The average Bonchev–Trinajstić information content (AvgIpc) is 2.81. The second kappa shape index (κ2) is 7.02. The molecule has 7 nitrogen and oxygen atoms in total. The maximum Gasteiger partial charge on any atom is 0.376 e. The Morgan fingerprint density at radius 1 is 1.04 bits per heavy atom. The lowest BCUT2D eigenvalue weighted by Crippen LogP contribution is -2.53. The molecular formula is C16H22BN3O4. The topological polar surface area (TPSA) is 84.3 Å². The lowest BCUT2D eigenvalue weighted by atomic mass is 9.84. The van der Waals surface area contributed by atoms with Crippen LogP contribution in [-0.4, -0.2) is 89.0 Å². The highest BCUT2D eigenvalue weighted by atomic mass is 16.3. The van der Waals surface area contributed by atoms with Crippen LogP contribution < -0.4 is 0 Å². The van der Waals surface area contributed by atoms with E-state index in [1.807, 2.05) is 4.81 Å². The molecule has 0 saturated carbocycles. The zero-order valence-corrected chi connectivity index (χ0v) is 13.8. The van der Waals surface area contributed by atoms with Gasteiger partial charge in [-0.25, -0.2) is 0 Å². The number of imide groups is 1. The number of fused-ring (bicyclic) bond motifs is 1. The zero-order valence-electron chi connectivity index (χ0n) is 13.8. The molecule has 2 aliphatic rings. The number of amides is 2. The predicted octanol–water partition coefficient (Wildman–Crippen LogP) is -0.629. The number of hydrogen-bond donors (Lipinski definition) is 2. The minimum atomic E-state index is -0.787. The summed E-state index contributed by atoms with van der Waals surface area (Å²) in [6.45, 7) is 5.10.